The van der Waals surface area contributed by atoms with Crippen molar-refractivity contribution in [3.63, 3.8) is 0 Å². The molecule has 4 heteroatoms. The van der Waals surface area contributed by atoms with Crippen LogP contribution < -0.4 is 10.6 Å². The van der Waals surface area contributed by atoms with Gasteiger partial charge in [-0.1, -0.05) is 30.7 Å². The molecule has 1 fully saturated rings. The molecule has 1 unspecified atom stereocenters. The maximum atomic E-state index is 4.31. The molecule has 1 aromatic carbocycles. The fourth-order valence-electron chi connectivity index (χ4n) is 3.02. The molecule has 4 nitrogen and oxygen atoms in total. The zero-order chi connectivity index (χ0) is 15.8. The maximum Gasteiger partial charge on any atom is 0.191 e. The van der Waals surface area contributed by atoms with E-state index in [1.165, 1.54) is 36.9 Å². The zero-order valence-corrected chi connectivity index (χ0v) is 14.2. The Hall–Kier alpha value is -1.55. The number of aryl methyl sites for hydroxylation is 1. The van der Waals surface area contributed by atoms with Crippen molar-refractivity contribution in [2.75, 3.05) is 26.7 Å². The highest BCUT2D eigenvalue weighted by molar-refractivity contribution is 5.79. The van der Waals surface area contributed by atoms with E-state index in [0.717, 1.165) is 31.6 Å². The lowest BCUT2D eigenvalue weighted by atomic mass is 10.0. The topological polar surface area (TPSA) is 39.7 Å². The molecule has 0 saturated carbocycles. The third kappa shape index (κ3) is 5.02. The number of hydrogen-bond acceptors (Lipinski definition) is 2. The molecule has 0 aliphatic carbocycles. The normalized spacial score (nSPS) is 20.0. The van der Waals surface area contributed by atoms with E-state index in [4.69, 9.17) is 0 Å². The number of rotatable bonds is 5. The average Bonchev–Trinajstić information content (AvgIpc) is 2.54. The standard InChI is InChI=1S/C18H30N4/c1-15-8-4-5-10-17(15)14-21-18(19-3)20-11-13-22-12-7-6-9-16(22)2/h4-5,8,10,16H,6-7,9,11-14H2,1-3H3,(H2,19,20,21). The summed E-state index contributed by atoms with van der Waals surface area (Å²) in [6, 6.07) is 9.18. The van der Waals surface area contributed by atoms with Gasteiger partial charge in [0.25, 0.3) is 0 Å². The van der Waals surface area contributed by atoms with Crippen LogP contribution in [0.4, 0.5) is 0 Å². The Morgan fingerprint density at radius 2 is 2.09 bits per heavy atom. The molecule has 0 radical (unpaired) electrons. The van der Waals surface area contributed by atoms with E-state index in [1.54, 1.807) is 0 Å². The molecule has 1 saturated heterocycles. The van der Waals surface area contributed by atoms with Crippen molar-refractivity contribution in [3.05, 3.63) is 35.4 Å². The predicted molar refractivity (Wildman–Crippen MR) is 94.3 cm³/mol. The Kier molecular flexibility index (Phi) is 6.72. The van der Waals surface area contributed by atoms with Crippen molar-refractivity contribution < 1.29 is 0 Å². The number of piperidine rings is 1. The molecule has 0 spiro atoms. The Labute approximate surface area is 135 Å². The van der Waals surface area contributed by atoms with Gasteiger partial charge in [-0.05, 0) is 44.4 Å². The Bertz CT molecular complexity index is 484. The van der Waals surface area contributed by atoms with Gasteiger partial charge in [0, 0.05) is 32.7 Å². The number of aliphatic imine (C=N–C) groups is 1. The zero-order valence-electron chi connectivity index (χ0n) is 14.2. The van der Waals surface area contributed by atoms with Crippen molar-refractivity contribution in [1.82, 2.24) is 15.5 Å². The molecule has 1 atom stereocenters. The lowest BCUT2D eigenvalue weighted by molar-refractivity contribution is 0.163. The van der Waals surface area contributed by atoms with Gasteiger partial charge in [-0.3, -0.25) is 9.89 Å². The number of nitrogens with zero attached hydrogens (tertiary/aromatic N) is 2. The molecule has 1 aliphatic rings. The van der Waals surface area contributed by atoms with Crippen LogP contribution in [0.15, 0.2) is 29.3 Å². The Balaban J connectivity index is 1.72. The van der Waals surface area contributed by atoms with E-state index in [1.807, 2.05) is 7.05 Å². The van der Waals surface area contributed by atoms with E-state index in [0.29, 0.717) is 0 Å². The van der Waals surface area contributed by atoms with E-state index < -0.39 is 0 Å². The van der Waals surface area contributed by atoms with Gasteiger partial charge in [-0.2, -0.15) is 0 Å². The molecule has 2 N–H and O–H groups in total. The lowest BCUT2D eigenvalue weighted by Gasteiger charge is -2.33. The summed E-state index contributed by atoms with van der Waals surface area (Å²) >= 11 is 0. The third-order valence-corrected chi connectivity index (χ3v) is 4.56. The first-order valence-electron chi connectivity index (χ1n) is 8.44. The van der Waals surface area contributed by atoms with Gasteiger partial charge in [0.15, 0.2) is 5.96 Å². The highest BCUT2D eigenvalue weighted by Crippen LogP contribution is 2.15. The number of nitrogens with one attached hydrogen (secondary N) is 2. The number of guanidine groups is 1. The van der Waals surface area contributed by atoms with Crippen LogP contribution in [-0.2, 0) is 6.54 Å². The fourth-order valence-corrected chi connectivity index (χ4v) is 3.02. The first-order valence-corrected chi connectivity index (χ1v) is 8.44. The highest BCUT2D eigenvalue weighted by Gasteiger charge is 2.17. The Morgan fingerprint density at radius 3 is 2.82 bits per heavy atom. The molecular weight excluding hydrogens is 272 g/mol. The maximum absolute atomic E-state index is 4.31. The second kappa shape index (κ2) is 8.79. The van der Waals surface area contributed by atoms with Gasteiger partial charge in [0.05, 0.1) is 0 Å². The van der Waals surface area contributed by atoms with Crippen molar-refractivity contribution >= 4 is 5.96 Å². The molecule has 22 heavy (non-hydrogen) atoms. The van der Waals surface area contributed by atoms with Gasteiger partial charge >= 0.3 is 0 Å². The van der Waals surface area contributed by atoms with Crippen LogP contribution in [-0.4, -0.2) is 43.6 Å². The summed E-state index contributed by atoms with van der Waals surface area (Å²) in [4.78, 5) is 6.88. The van der Waals surface area contributed by atoms with Gasteiger partial charge in [-0.15, -0.1) is 0 Å². The van der Waals surface area contributed by atoms with Crippen LogP contribution in [0.25, 0.3) is 0 Å². The quantitative estimate of drug-likeness (QED) is 0.648. The summed E-state index contributed by atoms with van der Waals surface area (Å²) < 4.78 is 0. The van der Waals surface area contributed by atoms with E-state index >= 15 is 0 Å². The van der Waals surface area contributed by atoms with Crippen LogP contribution >= 0.6 is 0 Å². The van der Waals surface area contributed by atoms with E-state index in [-0.39, 0.29) is 0 Å². The summed E-state index contributed by atoms with van der Waals surface area (Å²) in [7, 11) is 1.83. The van der Waals surface area contributed by atoms with Crippen molar-refractivity contribution in [2.45, 2.75) is 45.7 Å². The fraction of sp³-hybridized carbons (Fsp3) is 0.611. The van der Waals surface area contributed by atoms with Crippen LogP contribution in [0.1, 0.15) is 37.3 Å². The van der Waals surface area contributed by atoms with Gasteiger partial charge < -0.3 is 10.6 Å². The van der Waals surface area contributed by atoms with Crippen molar-refractivity contribution in [1.29, 1.82) is 0 Å². The molecule has 1 aromatic rings. The minimum Gasteiger partial charge on any atom is -0.355 e. The van der Waals surface area contributed by atoms with Gasteiger partial charge in [0.1, 0.15) is 0 Å². The first-order chi connectivity index (χ1) is 10.7. The van der Waals surface area contributed by atoms with Crippen LogP contribution in [0.2, 0.25) is 0 Å². The molecular formula is C18H30N4. The molecule has 1 heterocycles. The summed E-state index contributed by atoms with van der Waals surface area (Å²) in [5.41, 5.74) is 2.63. The number of hydrogen-bond donors (Lipinski definition) is 2. The molecule has 0 aromatic heterocycles. The SMILES string of the molecule is CN=C(NCCN1CCCCC1C)NCc1ccccc1C. The summed E-state index contributed by atoms with van der Waals surface area (Å²) in [5.74, 6) is 0.882. The number of benzene rings is 1. The summed E-state index contributed by atoms with van der Waals surface area (Å²) in [5, 5.41) is 6.82. The summed E-state index contributed by atoms with van der Waals surface area (Å²) in [6.07, 6.45) is 4.05. The Morgan fingerprint density at radius 1 is 1.27 bits per heavy atom. The highest BCUT2D eigenvalue weighted by atomic mass is 15.2. The molecule has 0 bridgehead atoms. The monoisotopic (exact) mass is 302 g/mol. The largest absolute Gasteiger partial charge is 0.355 e. The van der Waals surface area contributed by atoms with Crippen molar-refractivity contribution in [2.24, 2.45) is 4.99 Å². The minimum atomic E-state index is 0.720. The van der Waals surface area contributed by atoms with Crippen molar-refractivity contribution in [3.8, 4) is 0 Å². The molecule has 122 valence electrons. The average molecular weight is 302 g/mol. The van der Waals surface area contributed by atoms with E-state index in [2.05, 4.69) is 58.6 Å². The third-order valence-electron chi connectivity index (χ3n) is 4.56. The first kappa shape index (κ1) is 16.8. The molecule has 1 aliphatic heterocycles. The number of likely N-dealkylation sites (tertiary alicyclic amines) is 1. The van der Waals surface area contributed by atoms with Crippen LogP contribution in [0.5, 0.6) is 0 Å². The van der Waals surface area contributed by atoms with Crippen LogP contribution in [0, 0.1) is 6.92 Å². The summed E-state index contributed by atoms with van der Waals surface area (Å²) in [6.45, 7) is 8.56. The minimum absolute atomic E-state index is 0.720. The van der Waals surface area contributed by atoms with Gasteiger partial charge in [-0.25, -0.2) is 0 Å². The second-order valence-corrected chi connectivity index (χ2v) is 6.16. The van der Waals surface area contributed by atoms with E-state index in [9.17, 15) is 0 Å². The second-order valence-electron chi connectivity index (χ2n) is 6.16. The molecule has 0 amide bonds. The van der Waals surface area contributed by atoms with Crippen LogP contribution in [0.3, 0.4) is 0 Å². The predicted octanol–water partition coefficient (Wildman–Crippen LogP) is 2.53. The van der Waals surface area contributed by atoms with Gasteiger partial charge in [0.2, 0.25) is 0 Å². The smallest absolute Gasteiger partial charge is 0.191 e. The molecule has 2 rings (SSSR count). The lowest BCUT2D eigenvalue weighted by Crippen LogP contribution is -2.45.